The van der Waals surface area contributed by atoms with Crippen LogP contribution in [0.15, 0.2) is 0 Å². The molecule has 0 aliphatic heterocycles. The predicted molar refractivity (Wildman–Crippen MR) is 57.8 cm³/mol. The molecule has 0 radical (unpaired) electrons. The molecule has 1 aliphatic carbocycles. The van der Waals surface area contributed by atoms with Gasteiger partial charge in [-0.15, -0.1) is 0 Å². The molecule has 0 spiro atoms. The lowest BCUT2D eigenvalue weighted by atomic mass is 9.79. The van der Waals surface area contributed by atoms with Gasteiger partial charge in [-0.2, -0.15) is 0 Å². The van der Waals surface area contributed by atoms with Gasteiger partial charge in [0, 0.05) is 25.6 Å². The Bertz CT molecular complexity index is 205. The molecule has 14 heavy (non-hydrogen) atoms. The van der Waals surface area contributed by atoms with Gasteiger partial charge in [-0.3, -0.25) is 4.79 Å². The van der Waals surface area contributed by atoms with Gasteiger partial charge in [0.15, 0.2) is 0 Å². The van der Waals surface area contributed by atoms with Crippen molar-refractivity contribution in [3.8, 4) is 0 Å². The van der Waals surface area contributed by atoms with E-state index in [0.717, 1.165) is 25.8 Å². The molecule has 0 aromatic rings. The van der Waals surface area contributed by atoms with Crippen LogP contribution in [0.25, 0.3) is 0 Å². The van der Waals surface area contributed by atoms with E-state index in [1.807, 2.05) is 18.9 Å². The van der Waals surface area contributed by atoms with Crippen molar-refractivity contribution in [2.45, 2.75) is 39.2 Å². The first-order valence-electron chi connectivity index (χ1n) is 5.56. The highest BCUT2D eigenvalue weighted by Crippen LogP contribution is 2.28. The van der Waals surface area contributed by atoms with Crippen LogP contribution in [0.2, 0.25) is 0 Å². The molecule has 0 heterocycles. The summed E-state index contributed by atoms with van der Waals surface area (Å²) < 4.78 is 0. The zero-order valence-electron chi connectivity index (χ0n) is 9.49. The van der Waals surface area contributed by atoms with E-state index in [1.54, 1.807) is 0 Å². The van der Waals surface area contributed by atoms with E-state index in [0.29, 0.717) is 17.9 Å². The molecular weight excluding hydrogens is 176 g/mol. The number of carbonyl (C=O) groups is 1. The molecule has 0 aromatic heterocycles. The average Bonchev–Trinajstić information content (AvgIpc) is 2.20. The van der Waals surface area contributed by atoms with Crippen LogP contribution in [0.5, 0.6) is 0 Å². The maximum absolute atomic E-state index is 11.9. The van der Waals surface area contributed by atoms with Crippen LogP contribution < -0.4 is 5.73 Å². The van der Waals surface area contributed by atoms with Crippen molar-refractivity contribution >= 4 is 5.91 Å². The number of carbonyl (C=O) groups excluding carboxylic acids is 1. The Morgan fingerprint density at radius 3 is 2.64 bits per heavy atom. The topological polar surface area (TPSA) is 46.3 Å². The molecule has 3 nitrogen and oxygen atoms in total. The Kier molecular flexibility index (Phi) is 3.93. The third kappa shape index (κ3) is 2.47. The Balaban J connectivity index is 2.50. The Hall–Kier alpha value is -0.570. The van der Waals surface area contributed by atoms with E-state index >= 15 is 0 Å². The zero-order chi connectivity index (χ0) is 10.7. The Labute approximate surface area is 86.6 Å². The van der Waals surface area contributed by atoms with Crippen LogP contribution in [-0.2, 0) is 4.79 Å². The molecule has 0 bridgehead atoms. The minimum atomic E-state index is 0.217. The molecule has 1 amide bonds. The maximum Gasteiger partial charge on any atom is 0.225 e. The lowest BCUT2D eigenvalue weighted by Crippen LogP contribution is -2.41. The summed E-state index contributed by atoms with van der Waals surface area (Å²) in [5.74, 6) is 1.00. The second-order valence-electron chi connectivity index (χ2n) is 4.50. The minimum absolute atomic E-state index is 0.217. The molecule has 2 N–H and O–H groups in total. The van der Waals surface area contributed by atoms with E-state index in [9.17, 15) is 4.79 Å². The van der Waals surface area contributed by atoms with E-state index < -0.39 is 0 Å². The summed E-state index contributed by atoms with van der Waals surface area (Å²) in [6, 6.07) is 0.297. The number of nitrogens with zero attached hydrogens (tertiary/aromatic N) is 1. The molecule has 3 atom stereocenters. The van der Waals surface area contributed by atoms with E-state index in [-0.39, 0.29) is 5.92 Å². The quantitative estimate of drug-likeness (QED) is 0.725. The summed E-state index contributed by atoms with van der Waals surface area (Å²) >= 11 is 0. The van der Waals surface area contributed by atoms with Gasteiger partial charge in [-0.1, -0.05) is 6.92 Å². The standard InChI is InChI=1S/C11H22N2O/c1-4-13(3)11(14)9-5-6-10(12)8(2)7-9/h8-10H,4-7,12H2,1-3H3. The van der Waals surface area contributed by atoms with Gasteiger partial charge in [0.05, 0.1) is 0 Å². The molecule has 1 fully saturated rings. The van der Waals surface area contributed by atoms with Crippen LogP contribution in [-0.4, -0.2) is 30.4 Å². The van der Waals surface area contributed by atoms with Crippen molar-refractivity contribution in [1.82, 2.24) is 4.90 Å². The summed E-state index contributed by atoms with van der Waals surface area (Å²) in [7, 11) is 1.88. The Morgan fingerprint density at radius 1 is 1.50 bits per heavy atom. The highest BCUT2D eigenvalue weighted by molar-refractivity contribution is 5.78. The van der Waals surface area contributed by atoms with Gasteiger partial charge >= 0.3 is 0 Å². The first-order valence-corrected chi connectivity index (χ1v) is 5.56. The molecule has 0 aromatic carbocycles. The van der Waals surface area contributed by atoms with Crippen LogP contribution in [0.3, 0.4) is 0 Å². The number of hydrogen-bond donors (Lipinski definition) is 1. The summed E-state index contributed by atoms with van der Waals surface area (Å²) in [5.41, 5.74) is 5.92. The van der Waals surface area contributed by atoms with Gasteiger partial charge in [-0.05, 0) is 32.1 Å². The van der Waals surface area contributed by atoms with Crippen LogP contribution in [0.1, 0.15) is 33.1 Å². The average molecular weight is 198 g/mol. The normalized spacial score (nSPS) is 32.7. The van der Waals surface area contributed by atoms with Crippen molar-refractivity contribution in [3.63, 3.8) is 0 Å². The fourth-order valence-electron chi connectivity index (χ4n) is 2.11. The maximum atomic E-state index is 11.9. The third-order valence-corrected chi connectivity index (χ3v) is 3.44. The number of hydrogen-bond acceptors (Lipinski definition) is 2. The second kappa shape index (κ2) is 4.78. The molecule has 82 valence electrons. The smallest absolute Gasteiger partial charge is 0.225 e. The van der Waals surface area contributed by atoms with Crippen molar-refractivity contribution in [1.29, 1.82) is 0 Å². The van der Waals surface area contributed by atoms with Crippen molar-refractivity contribution < 1.29 is 4.79 Å². The summed E-state index contributed by atoms with van der Waals surface area (Å²) in [6.07, 6.45) is 2.92. The minimum Gasteiger partial charge on any atom is -0.346 e. The Morgan fingerprint density at radius 2 is 2.14 bits per heavy atom. The summed E-state index contributed by atoms with van der Waals surface area (Å²) in [5, 5.41) is 0. The van der Waals surface area contributed by atoms with E-state index in [4.69, 9.17) is 5.73 Å². The van der Waals surface area contributed by atoms with Crippen LogP contribution in [0, 0.1) is 11.8 Å². The molecular formula is C11H22N2O. The molecule has 1 aliphatic rings. The summed E-state index contributed by atoms with van der Waals surface area (Å²) in [6.45, 7) is 4.96. The van der Waals surface area contributed by atoms with Crippen molar-refractivity contribution in [2.24, 2.45) is 17.6 Å². The largest absolute Gasteiger partial charge is 0.346 e. The fourth-order valence-corrected chi connectivity index (χ4v) is 2.11. The number of amides is 1. The highest BCUT2D eigenvalue weighted by Gasteiger charge is 2.30. The van der Waals surface area contributed by atoms with Crippen LogP contribution >= 0.6 is 0 Å². The van der Waals surface area contributed by atoms with Crippen molar-refractivity contribution in [2.75, 3.05) is 13.6 Å². The van der Waals surface area contributed by atoms with Gasteiger partial charge < -0.3 is 10.6 Å². The lowest BCUT2D eigenvalue weighted by Gasteiger charge is -2.32. The molecule has 1 rings (SSSR count). The SMILES string of the molecule is CCN(C)C(=O)C1CCC(N)C(C)C1. The highest BCUT2D eigenvalue weighted by atomic mass is 16.2. The fraction of sp³-hybridized carbons (Fsp3) is 0.909. The van der Waals surface area contributed by atoms with Gasteiger partial charge in [-0.25, -0.2) is 0 Å². The molecule has 3 unspecified atom stereocenters. The van der Waals surface area contributed by atoms with Gasteiger partial charge in [0.25, 0.3) is 0 Å². The number of nitrogens with two attached hydrogens (primary N) is 1. The molecule has 1 saturated carbocycles. The number of rotatable bonds is 2. The van der Waals surface area contributed by atoms with Crippen LogP contribution in [0.4, 0.5) is 0 Å². The zero-order valence-corrected chi connectivity index (χ0v) is 9.49. The third-order valence-electron chi connectivity index (χ3n) is 3.44. The second-order valence-corrected chi connectivity index (χ2v) is 4.50. The molecule has 0 saturated heterocycles. The lowest BCUT2D eigenvalue weighted by molar-refractivity contribution is -0.135. The summed E-state index contributed by atoms with van der Waals surface area (Å²) in [4.78, 5) is 13.7. The first-order chi connectivity index (χ1) is 6.56. The van der Waals surface area contributed by atoms with Gasteiger partial charge in [0.2, 0.25) is 5.91 Å². The first kappa shape index (κ1) is 11.5. The molecule has 3 heteroatoms. The van der Waals surface area contributed by atoms with Crippen molar-refractivity contribution in [3.05, 3.63) is 0 Å². The monoisotopic (exact) mass is 198 g/mol. The predicted octanol–water partition coefficient (Wildman–Crippen LogP) is 1.23. The van der Waals surface area contributed by atoms with Gasteiger partial charge in [0.1, 0.15) is 0 Å². The van der Waals surface area contributed by atoms with E-state index in [1.165, 1.54) is 0 Å². The van der Waals surface area contributed by atoms with E-state index in [2.05, 4.69) is 6.92 Å².